The van der Waals surface area contributed by atoms with Crippen LogP contribution in [0.3, 0.4) is 0 Å². The number of rotatable bonds is 3. The Balaban J connectivity index is 1.57. The fraction of sp³-hybridized carbons (Fsp3) is 0. The van der Waals surface area contributed by atoms with E-state index in [-0.39, 0.29) is 11.6 Å². The second kappa shape index (κ2) is 6.42. The quantitative estimate of drug-likeness (QED) is 0.412. The molecule has 2 aromatic heterocycles. The van der Waals surface area contributed by atoms with Gasteiger partial charge in [0.25, 0.3) is 0 Å². The van der Waals surface area contributed by atoms with Crippen molar-refractivity contribution in [2.75, 3.05) is 0 Å². The summed E-state index contributed by atoms with van der Waals surface area (Å²) in [7, 11) is 0. The smallest absolute Gasteiger partial charge is 0.174 e. The third-order valence-corrected chi connectivity index (χ3v) is 4.54. The Morgan fingerprint density at radius 2 is 1.61 bits per heavy atom. The van der Waals surface area contributed by atoms with Crippen molar-refractivity contribution < 1.29 is 13.3 Å². The minimum atomic E-state index is -0.315. The molecule has 0 aliphatic rings. The van der Waals surface area contributed by atoms with E-state index >= 15 is 0 Å². The van der Waals surface area contributed by atoms with Crippen LogP contribution in [0.4, 0.5) is 8.78 Å². The first-order chi connectivity index (χ1) is 13.7. The summed E-state index contributed by atoms with van der Waals surface area (Å²) in [5.41, 5.74) is 3.69. The zero-order chi connectivity index (χ0) is 19.1. The molecule has 2 heterocycles. The number of benzene rings is 3. The van der Waals surface area contributed by atoms with Gasteiger partial charge in [-0.15, -0.1) is 0 Å². The molecule has 0 spiro atoms. The Morgan fingerprint density at radius 1 is 0.786 bits per heavy atom. The molecule has 5 aromatic rings. The van der Waals surface area contributed by atoms with Gasteiger partial charge in [0.1, 0.15) is 17.2 Å². The molecular weight excluding hydrogens is 360 g/mol. The number of aromatic nitrogens is 3. The molecule has 0 aliphatic heterocycles. The lowest BCUT2D eigenvalue weighted by Crippen LogP contribution is -1.95. The number of halogens is 2. The van der Waals surface area contributed by atoms with Crippen LogP contribution in [0.25, 0.3) is 39.2 Å². The standard InChI is InChI=1S/C22H13F2N3O/c23-16-7-4-14(5-8-16)22-19-12-15(6-9-21(19)26-28-22)20-10-11-27(25-20)18-3-1-2-17(24)13-18/h1-13H. The summed E-state index contributed by atoms with van der Waals surface area (Å²) in [5.74, 6) is -0.0538. The highest BCUT2D eigenvalue weighted by atomic mass is 19.1. The summed E-state index contributed by atoms with van der Waals surface area (Å²) in [6.07, 6.45) is 1.78. The summed E-state index contributed by atoms with van der Waals surface area (Å²) in [6, 6.07) is 19.9. The third-order valence-electron chi connectivity index (χ3n) is 4.54. The number of fused-ring (bicyclic) bond motifs is 1. The maximum Gasteiger partial charge on any atom is 0.174 e. The highest BCUT2D eigenvalue weighted by Gasteiger charge is 2.13. The van der Waals surface area contributed by atoms with Crippen LogP contribution in [0, 0.1) is 11.6 Å². The lowest BCUT2D eigenvalue weighted by molar-refractivity contribution is 0.441. The molecule has 0 aliphatic carbocycles. The van der Waals surface area contributed by atoms with Crippen molar-refractivity contribution in [1.29, 1.82) is 0 Å². The van der Waals surface area contributed by atoms with Crippen LogP contribution in [-0.2, 0) is 0 Å². The molecule has 0 amide bonds. The molecular formula is C22H13F2N3O. The van der Waals surface area contributed by atoms with E-state index in [1.807, 2.05) is 24.3 Å². The lowest BCUT2D eigenvalue weighted by Gasteiger charge is -2.02. The third kappa shape index (κ3) is 2.85. The molecule has 0 radical (unpaired) electrons. The second-order valence-electron chi connectivity index (χ2n) is 6.38. The highest BCUT2D eigenvalue weighted by Crippen LogP contribution is 2.32. The van der Waals surface area contributed by atoms with E-state index in [2.05, 4.69) is 10.3 Å². The van der Waals surface area contributed by atoms with Crippen LogP contribution >= 0.6 is 0 Å². The largest absolute Gasteiger partial charge is 0.355 e. The molecule has 28 heavy (non-hydrogen) atoms. The van der Waals surface area contributed by atoms with Crippen LogP contribution in [0.2, 0.25) is 0 Å². The van der Waals surface area contributed by atoms with E-state index < -0.39 is 0 Å². The summed E-state index contributed by atoms with van der Waals surface area (Å²) in [6.45, 7) is 0. The monoisotopic (exact) mass is 373 g/mol. The molecule has 0 saturated heterocycles. The highest BCUT2D eigenvalue weighted by molar-refractivity contribution is 5.94. The summed E-state index contributed by atoms with van der Waals surface area (Å²) in [4.78, 5) is 0. The van der Waals surface area contributed by atoms with Crippen LogP contribution in [0.5, 0.6) is 0 Å². The molecule has 0 fully saturated rings. The fourth-order valence-corrected chi connectivity index (χ4v) is 3.15. The Hall–Kier alpha value is -3.80. The minimum Gasteiger partial charge on any atom is -0.355 e. The maximum absolute atomic E-state index is 13.5. The first-order valence-electron chi connectivity index (χ1n) is 8.65. The predicted molar refractivity (Wildman–Crippen MR) is 102 cm³/mol. The number of hydrogen-bond acceptors (Lipinski definition) is 3. The molecule has 0 N–H and O–H groups in total. The molecule has 136 valence electrons. The van der Waals surface area contributed by atoms with E-state index in [9.17, 15) is 8.78 Å². The first-order valence-corrected chi connectivity index (χ1v) is 8.65. The average Bonchev–Trinajstić information content (AvgIpc) is 3.36. The van der Waals surface area contributed by atoms with Crippen LogP contribution < -0.4 is 0 Å². The Kier molecular flexibility index (Phi) is 3.76. The van der Waals surface area contributed by atoms with Crippen LogP contribution in [0.15, 0.2) is 83.5 Å². The van der Waals surface area contributed by atoms with E-state index in [4.69, 9.17) is 4.52 Å². The topological polar surface area (TPSA) is 43.9 Å². The van der Waals surface area contributed by atoms with Crippen molar-refractivity contribution in [3.05, 3.63) is 90.6 Å². The molecule has 6 heteroatoms. The van der Waals surface area contributed by atoms with Gasteiger partial charge in [-0.3, -0.25) is 0 Å². The Bertz CT molecular complexity index is 1290. The van der Waals surface area contributed by atoms with Crippen LogP contribution in [0.1, 0.15) is 0 Å². The van der Waals surface area contributed by atoms with Gasteiger partial charge in [-0.25, -0.2) is 13.5 Å². The van der Waals surface area contributed by atoms with Gasteiger partial charge in [-0.2, -0.15) is 5.10 Å². The fourth-order valence-electron chi connectivity index (χ4n) is 3.15. The molecule has 0 saturated carbocycles. The summed E-state index contributed by atoms with van der Waals surface area (Å²) in [5, 5.41) is 9.43. The van der Waals surface area contributed by atoms with Crippen molar-refractivity contribution in [2.24, 2.45) is 0 Å². The van der Waals surface area contributed by atoms with Crippen molar-refractivity contribution >= 4 is 10.9 Å². The Morgan fingerprint density at radius 3 is 2.43 bits per heavy atom. The zero-order valence-electron chi connectivity index (χ0n) is 14.5. The molecule has 0 bridgehead atoms. The van der Waals surface area contributed by atoms with Gasteiger partial charge >= 0.3 is 0 Å². The number of hydrogen-bond donors (Lipinski definition) is 0. The molecule has 4 nitrogen and oxygen atoms in total. The van der Waals surface area contributed by atoms with Gasteiger partial charge in [-0.1, -0.05) is 17.3 Å². The molecule has 0 unspecified atom stereocenters. The average molecular weight is 373 g/mol. The van der Waals surface area contributed by atoms with Gasteiger partial charge in [0, 0.05) is 17.3 Å². The van der Waals surface area contributed by atoms with Crippen molar-refractivity contribution in [1.82, 2.24) is 14.9 Å². The first kappa shape index (κ1) is 16.4. The van der Waals surface area contributed by atoms with Crippen molar-refractivity contribution in [3.63, 3.8) is 0 Å². The van der Waals surface area contributed by atoms with Gasteiger partial charge in [0.15, 0.2) is 5.76 Å². The van der Waals surface area contributed by atoms with E-state index in [0.29, 0.717) is 17.0 Å². The van der Waals surface area contributed by atoms with Gasteiger partial charge in [0.05, 0.1) is 16.8 Å². The summed E-state index contributed by atoms with van der Waals surface area (Å²) >= 11 is 0. The maximum atomic E-state index is 13.5. The molecule has 5 rings (SSSR count). The molecule has 3 aromatic carbocycles. The second-order valence-corrected chi connectivity index (χ2v) is 6.38. The van der Waals surface area contributed by atoms with Crippen LogP contribution in [-0.4, -0.2) is 14.9 Å². The minimum absolute atomic E-state index is 0.309. The lowest BCUT2D eigenvalue weighted by atomic mass is 10.0. The zero-order valence-corrected chi connectivity index (χ0v) is 14.5. The SMILES string of the molecule is Fc1ccc(-c2onc3ccc(-c4ccn(-c5cccc(F)c5)n4)cc23)cc1. The van der Waals surface area contributed by atoms with Crippen molar-refractivity contribution in [2.45, 2.75) is 0 Å². The normalized spacial score (nSPS) is 11.2. The van der Waals surface area contributed by atoms with E-state index in [1.54, 1.807) is 35.1 Å². The van der Waals surface area contributed by atoms with Gasteiger partial charge in [0.2, 0.25) is 0 Å². The van der Waals surface area contributed by atoms with E-state index in [0.717, 1.165) is 22.2 Å². The summed E-state index contributed by atoms with van der Waals surface area (Å²) < 4.78 is 33.8. The molecule has 0 atom stereocenters. The number of nitrogens with zero attached hydrogens (tertiary/aromatic N) is 3. The predicted octanol–water partition coefficient (Wildman–Crippen LogP) is 5.63. The van der Waals surface area contributed by atoms with Gasteiger partial charge < -0.3 is 4.52 Å². The Labute approximate surface area is 158 Å². The van der Waals surface area contributed by atoms with Crippen molar-refractivity contribution in [3.8, 4) is 28.3 Å². The van der Waals surface area contributed by atoms with E-state index in [1.165, 1.54) is 24.3 Å². The van der Waals surface area contributed by atoms with Gasteiger partial charge in [-0.05, 0) is 60.7 Å².